The summed E-state index contributed by atoms with van der Waals surface area (Å²) in [4.78, 5) is 16.9. The third kappa shape index (κ3) is 4.30. The molecule has 1 aromatic heterocycles. The standard InChI is InChI=1S/C15H24N2O2S/c1-11(10-14-5-4-12(2)20-14)16-13(3)15(18)17-6-8-19-9-7-17/h4-5,11,13,16H,6-10H2,1-3H3. The molecule has 1 aliphatic rings. The predicted octanol–water partition coefficient (Wildman–Crippen LogP) is 1.82. The number of nitrogens with zero attached hydrogens (tertiary/aromatic N) is 1. The normalized spacial score (nSPS) is 18.9. The molecule has 0 saturated carbocycles. The predicted molar refractivity (Wildman–Crippen MR) is 82.2 cm³/mol. The van der Waals surface area contributed by atoms with Gasteiger partial charge in [0.25, 0.3) is 0 Å². The maximum absolute atomic E-state index is 12.3. The highest BCUT2D eigenvalue weighted by molar-refractivity contribution is 7.11. The Morgan fingerprint density at radius 2 is 2.10 bits per heavy atom. The summed E-state index contributed by atoms with van der Waals surface area (Å²) in [6, 6.07) is 4.49. The van der Waals surface area contributed by atoms with E-state index in [0.717, 1.165) is 6.42 Å². The highest BCUT2D eigenvalue weighted by atomic mass is 32.1. The van der Waals surface area contributed by atoms with Gasteiger partial charge in [-0.3, -0.25) is 4.79 Å². The zero-order chi connectivity index (χ0) is 14.5. The number of thiophene rings is 1. The molecular formula is C15H24N2O2S. The molecule has 1 amide bonds. The van der Waals surface area contributed by atoms with E-state index in [1.165, 1.54) is 9.75 Å². The number of morpholine rings is 1. The number of nitrogens with one attached hydrogen (secondary N) is 1. The Kier molecular flexibility index (Phi) is 5.57. The number of carbonyl (C=O) groups excluding carboxylic acids is 1. The topological polar surface area (TPSA) is 41.6 Å². The molecule has 1 fully saturated rings. The van der Waals surface area contributed by atoms with Crippen LogP contribution < -0.4 is 5.32 Å². The van der Waals surface area contributed by atoms with Crippen molar-refractivity contribution in [1.29, 1.82) is 0 Å². The van der Waals surface area contributed by atoms with Crippen LogP contribution in [0.1, 0.15) is 23.6 Å². The van der Waals surface area contributed by atoms with Gasteiger partial charge in [0, 0.05) is 28.9 Å². The number of ether oxygens (including phenoxy) is 1. The summed E-state index contributed by atoms with van der Waals surface area (Å²) in [7, 11) is 0. The van der Waals surface area contributed by atoms with E-state index in [1.54, 1.807) is 0 Å². The fraction of sp³-hybridized carbons (Fsp3) is 0.667. The van der Waals surface area contributed by atoms with Gasteiger partial charge in [-0.15, -0.1) is 11.3 Å². The van der Waals surface area contributed by atoms with Crippen molar-refractivity contribution in [1.82, 2.24) is 10.2 Å². The number of hydrogen-bond acceptors (Lipinski definition) is 4. The van der Waals surface area contributed by atoms with Crippen LogP contribution in [-0.2, 0) is 16.0 Å². The molecule has 0 aliphatic carbocycles. The van der Waals surface area contributed by atoms with Gasteiger partial charge in [0.15, 0.2) is 0 Å². The summed E-state index contributed by atoms with van der Waals surface area (Å²) in [6.45, 7) is 8.95. The maximum atomic E-state index is 12.3. The highest BCUT2D eigenvalue weighted by Crippen LogP contribution is 2.17. The fourth-order valence-electron chi connectivity index (χ4n) is 2.51. The van der Waals surface area contributed by atoms with E-state index in [1.807, 2.05) is 23.2 Å². The lowest BCUT2D eigenvalue weighted by Gasteiger charge is -2.30. The molecule has 1 aromatic rings. The summed E-state index contributed by atoms with van der Waals surface area (Å²) >= 11 is 1.83. The number of amides is 1. The van der Waals surface area contributed by atoms with E-state index in [0.29, 0.717) is 32.3 Å². The number of hydrogen-bond donors (Lipinski definition) is 1. The second kappa shape index (κ2) is 7.20. The van der Waals surface area contributed by atoms with Gasteiger partial charge in [-0.1, -0.05) is 0 Å². The third-order valence-electron chi connectivity index (χ3n) is 3.53. The average Bonchev–Trinajstić information content (AvgIpc) is 2.84. The lowest BCUT2D eigenvalue weighted by molar-refractivity contribution is -0.137. The third-order valence-corrected chi connectivity index (χ3v) is 4.55. The van der Waals surface area contributed by atoms with Crippen LogP contribution in [0.5, 0.6) is 0 Å². The zero-order valence-corrected chi connectivity index (χ0v) is 13.3. The van der Waals surface area contributed by atoms with Crippen molar-refractivity contribution in [3.8, 4) is 0 Å². The van der Waals surface area contributed by atoms with E-state index in [-0.39, 0.29) is 11.9 Å². The Morgan fingerprint density at radius 1 is 1.40 bits per heavy atom. The van der Waals surface area contributed by atoms with Gasteiger partial charge in [-0.05, 0) is 39.3 Å². The molecule has 1 aliphatic heterocycles. The Bertz CT molecular complexity index is 441. The highest BCUT2D eigenvalue weighted by Gasteiger charge is 2.23. The summed E-state index contributed by atoms with van der Waals surface area (Å²) in [5.41, 5.74) is 0. The van der Waals surface area contributed by atoms with Gasteiger partial charge < -0.3 is 15.0 Å². The van der Waals surface area contributed by atoms with Gasteiger partial charge in [0.05, 0.1) is 19.3 Å². The number of aryl methyl sites for hydroxylation is 1. The lowest BCUT2D eigenvalue weighted by atomic mass is 10.1. The minimum Gasteiger partial charge on any atom is -0.378 e. The molecule has 2 heterocycles. The Labute approximate surface area is 125 Å². The van der Waals surface area contributed by atoms with Gasteiger partial charge >= 0.3 is 0 Å². The van der Waals surface area contributed by atoms with Crippen LogP contribution >= 0.6 is 11.3 Å². The summed E-state index contributed by atoms with van der Waals surface area (Å²) in [5, 5.41) is 3.41. The van der Waals surface area contributed by atoms with E-state index < -0.39 is 0 Å². The van der Waals surface area contributed by atoms with Crippen molar-refractivity contribution in [3.05, 3.63) is 21.9 Å². The van der Waals surface area contributed by atoms with Gasteiger partial charge in [0.1, 0.15) is 0 Å². The molecular weight excluding hydrogens is 272 g/mol. The van der Waals surface area contributed by atoms with Crippen molar-refractivity contribution in [2.45, 2.75) is 39.3 Å². The smallest absolute Gasteiger partial charge is 0.239 e. The van der Waals surface area contributed by atoms with E-state index in [4.69, 9.17) is 4.74 Å². The summed E-state index contributed by atoms with van der Waals surface area (Å²) < 4.78 is 5.28. The molecule has 0 bridgehead atoms. The lowest BCUT2D eigenvalue weighted by Crippen LogP contribution is -2.51. The first kappa shape index (κ1) is 15.5. The van der Waals surface area contributed by atoms with Crippen molar-refractivity contribution < 1.29 is 9.53 Å². The van der Waals surface area contributed by atoms with E-state index in [2.05, 4.69) is 31.3 Å². The molecule has 0 aromatic carbocycles. The fourth-order valence-corrected chi connectivity index (χ4v) is 3.53. The van der Waals surface area contributed by atoms with Crippen molar-refractivity contribution in [2.75, 3.05) is 26.3 Å². The second-order valence-electron chi connectivity index (χ2n) is 5.44. The van der Waals surface area contributed by atoms with Crippen LogP contribution in [0.2, 0.25) is 0 Å². The Morgan fingerprint density at radius 3 is 2.70 bits per heavy atom. The zero-order valence-electron chi connectivity index (χ0n) is 12.5. The van der Waals surface area contributed by atoms with Crippen molar-refractivity contribution in [3.63, 3.8) is 0 Å². The van der Waals surface area contributed by atoms with Gasteiger partial charge in [-0.25, -0.2) is 0 Å². The van der Waals surface area contributed by atoms with Crippen molar-refractivity contribution >= 4 is 17.2 Å². The molecule has 2 rings (SSSR count). The molecule has 20 heavy (non-hydrogen) atoms. The largest absolute Gasteiger partial charge is 0.378 e. The van der Waals surface area contributed by atoms with Crippen molar-refractivity contribution in [2.24, 2.45) is 0 Å². The molecule has 1 saturated heterocycles. The minimum atomic E-state index is -0.135. The first-order valence-electron chi connectivity index (χ1n) is 7.24. The van der Waals surface area contributed by atoms with Gasteiger partial charge in [-0.2, -0.15) is 0 Å². The second-order valence-corrected chi connectivity index (χ2v) is 6.82. The van der Waals surface area contributed by atoms with Crippen LogP contribution in [0.4, 0.5) is 0 Å². The minimum absolute atomic E-state index is 0.135. The Balaban J connectivity index is 1.80. The first-order valence-corrected chi connectivity index (χ1v) is 8.06. The maximum Gasteiger partial charge on any atom is 0.239 e. The molecule has 2 atom stereocenters. The monoisotopic (exact) mass is 296 g/mol. The molecule has 4 nitrogen and oxygen atoms in total. The SMILES string of the molecule is Cc1ccc(CC(C)NC(C)C(=O)N2CCOCC2)s1. The van der Waals surface area contributed by atoms with Crippen LogP contribution in [0.15, 0.2) is 12.1 Å². The van der Waals surface area contributed by atoms with Crippen LogP contribution in [-0.4, -0.2) is 49.2 Å². The average molecular weight is 296 g/mol. The summed E-state index contributed by atoms with van der Waals surface area (Å²) in [5.74, 6) is 0.183. The molecule has 5 heteroatoms. The molecule has 0 radical (unpaired) electrons. The molecule has 112 valence electrons. The summed E-state index contributed by atoms with van der Waals surface area (Å²) in [6.07, 6.45) is 0.971. The van der Waals surface area contributed by atoms with E-state index in [9.17, 15) is 4.79 Å². The van der Waals surface area contributed by atoms with Crippen LogP contribution in [0, 0.1) is 6.92 Å². The number of carbonyl (C=O) groups is 1. The number of rotatable bonds is 5. The van der Waals surface area contributed by atoms with E-state index >= 15 is 0 Å². The van der Waals surface area contributed by atoms with Crippen LogP contribution in [0.3, 0.4) is 0 Å². The molecule has 2 unspecified atom stereocenters. The quantitative estimate of drug-likeness (QED) is 0.901. The Hall–Kier alpha value is -0.910. The van der Waals surface area contributed by atoms with Crippen LogP contribution in [0.25, 0.3) is 0 Å². The first-order chi connectivity index (χ1) is 9.56. The molecule has 1 N–H and O–H groups in total. The molecule has 0 spiro atoms. The van der Waals surface area contributed by atoms with Gasteiger partial charge in [0.2, 0.25) is 5.91 Å².